The van der Waals surface area contributed by atoms with Crippen LogP contribution >= 0.6 is 0 Å². The number of methoxy groups -OCH3 is 1. The summed E-state index contributed by atoms with van der Waals surface area (Å²) in [6.07, 6.45) is 0. The predicted molar refractivity (Wildman–Crippen MR) is 107 cm³/mol. The number of nitrogens with one attached hydrogen (secondary N) is 1. The molecule has 0 aliphatic carbocycles. The molecule has 3 rings (SSSR count). The SMILES string of the molecule is COc1cc(CNCC(C)N2CCOCC2)ccc1OCc1ccc(F)cc1. The minimum atomic E-state index is -0.249. The van der Waals surface area contributed by atoms with Gasteiger partial charge in [0.25, 0.3) is 0 Å². The standard InChI is InChI=1S/C22H29FN2O3/c1-17(25-9-11-27-12-10-25)14-24-15-19-5-8-21(22(13-19)26-2)28-16-18-3-6-20(23)7-4-18/h3-8,13,17,24H,9-12,14-16H2,1-2H3. The maximum Gasteiger partial charge on any atom is 0.161 e. The molecular weight excluding hydrogens is 359 g/mol. The summed E-state index contributed by atoms with van der Waals surface area (Å²) in [6.45, 7) is 7.93. The molecule has 0 bridgehead atoms. The molecule has 1 heterocycles. The minimum Gasteiger partial charge on any atom is -0.493 e. The summed E-state index contributed by atoms with van der Waals surface area (Å²) >= 11 is 0. The van der Waals surface area contributed by atoms with Gasteiger partial charge in [0.1, 0.15) is 12.4 Å². The molecule has 152 valence electrons. The van der Waals surface area contributed by atoms with E-state index >= 15 is 0 Å². The van der Waals surface area contributed by atoms with Crippen LogP contribution in [0.5, 0.6) is 11.5 Å². The first-order valence-electron chi connectivity index (χ1n) is 9.72. The first kappa shape index (κ1) is 20.6. The minimum absolute atomic E-state index is 0.249. The smallest absolute Gasteiger partial charge is 0.161 e. The Morgan fingerprint density at radius 3 is 2.50 bits per heavy atom. The van der Waals surface area contributed by atoms with Crippen LogP contribution in [0.3, 0.4) is 0 Å². The van der Waals surface area contributed by atoms with Crippen molar-refractivity contribution in [2.75, 3.05) is 40.0 Å². The Balaban J connectivity index is 1.50. The van der Waals surface area contributed by atoms with Gasteiger partial charge in [0.15, 0.2) is 11.5 Å². The molecule has 1 aliphatic heterocycles. The van der Waals surface area contributed by atoms with Crippen LogP contribution in [0.4, 0.5) is 4.39 Å². The topological polar surface area (TPSA) is 43.0 Å². The molecule has 0 saturated carbocycles. The molecule has 1 aliphatic rings. The molecule has 1 N–H and O–H groups in total. The van der Waals surface area contributed by atoms with Crippen molar-refractivity contribution in [3.63, 3.8) is 0 Å². The van der Waals surface area contributed by atoms with E-state index in [-0.39, 0.29) is 5.82 Å². The second-order valence-corrected chi connectivity index (χ2v) is 7.03. The molecule has 1 saturated heterocycles. The van der Waals surface area contributed by atoms with Crippen LogP contribution in [-0.2, 0) is 17.9 Å². The van der Waals surface area contributed by atoms with Gasteiger partial charge in [-0.05, 0) is 42.3 Å². The van der Waals surface area contributed by atoms with Gasteiger partial charge in [-0.3, -0.25) is 4.90 Å². The molecule has 1 atom stereocenters. The van der Waals surface area contributed by atoms with Gasteiger partial charge < -0.3 is 19.5 Å². The van der Waals surface area contributed by atoms with Crippen molar-refractivity contribution in [1.29, 1.82) is 0 Å². The number of ether oxygens (including phenoxy) is 3. The average Bonchev–Trinajstić information content (AvgIpc) is 2.74. The lowest BCUT2D eigenvalue weighted by Crippen LogP contribution is -2.46. The molecule has 1 unspecified atom stereocenters. The van der Waals surface area contributed by atoms with Gasteiger partial charge in [0, 0.05) is 32.2 Å². The lowest BCUT2D eigenvalue weighted by molar-refractivity contribution is 0.0203. The number of hydrogen-bond donors (Lipinski definition) is 1. The van der Waals surface area contributed by atoms with Gasteiger partial charge in [0.2, 0.25) is 0 Å². The Morgan fingerprint density at radius 1 is 1.07 bits per heavy atom. The normalized spacial score (nSPS) is 16.0. The highest BCUT2D eigenvalue weighted by molar-refractivity contribution is 5.43. The molecule has 1 fully saturated rings. The van der Waals surface area contributed by atoms with Crippen LogP contribution in [0, 0.1) is 5.82 Å². The number of hydrogen-bond acceptors (Lipinski definition) is 5. The maximum absolute atomic E-state index is 13.0. The van der Waals surface area contributed by atoms with E-state index in [1.165, 1.54) is 12.1 Å². The number of halogens is 1. The lowest BCUT2D eigenvalue weighted by Gasteiger charge is -2.32. The van der Waals surface area contributed by atoms with Crippen molar-refractivity contribution in [3.05, 3.63) is 59.4 Å². The zero-order chi connectivity index (χ0) is 19.8. The van der Waals surface area contributed by atoms with E-state index in [9.17, 15) is 4.39 Å². The van der Waals surface area contributed by atoms with E-state index in [1.807, 2.05) is 18.2 Å². The van der Waals surface area contributed by atoms with Crippen molar-refractivity contribution in [3.8, 4) is 11.5 Å². The van der Waals surface area contributed by atoms with Gasteiger partial charge in [-0.15, -0.1) is 0 Å². The average molecular weight is 388 g/mol. The molecule has 0 aromatic heterocycles. The lowest BCUT2D eigenvalue weighted by atomic mass is 10.2. The van der Waals surface area contributed by atoms with Crippen molar-refractivity contribution >= 4 is 0 Å². The number of morpholine rings is 1. The summed E-state index contributed by atoms with van der Waals surface area (Å²) < 4.78 is 29.7. The van der Waals surface area contributed by atoms with E-state index in [1.54, 1.807) is 19.2 Å². The zero-order valence-corrected chi connectivity index (χ0v) is 16.6. The maximum atomic E-state index is 13.0. The van der Waals surface area contributed by atoms with Crippen LogP contribution in [0.2, 0.25) is 0 Å². The molecule has 28 heavy (non-hydrogen) atoms. The van der Waals surface area contributed by atoms with Crippen LogP contribution < -0.4 is 14.8 Å². The summed E-state index contributed by atoms with van der Waals surface area (Å²) in [5.41, 5.74) is 2.05. The monoisotopic (exact) mass is 388 g/mol. The van der Waals surface area contributed by atoms with Crippen molar-refractivity contribution in [2.24, 2.45) is 0 Å². The van der Waals surface area contributed by atoms with Gasteiger partial charge >= 0.3 is 0 Å². The van der Waals surface area contributed by atoms with Crippen LogP contribution in [0.1, 0.15) is 18.1 Å². The summed E-state index contributed by atoms with van der Waals surface area (Å²) in [5.74, 6) is 1.13. The molecule has 0 radical (unpaired) electrons. The Kier molecular flexibility index (Phi) is 7.65. The molecule has 2 aromatic carbocycles. The first-order valence-corrected chi connectivity index (χ1v) is 9.72. The quantitative estimate of drug-likeness (QED) is 0.715. The predicted octanol–water partition coefficient (Wildman–Crippen LogP) is 3.22. The van der Waals surface area contributed by atoms with Gasteiger partial charge in [-0.2, -0.15) is 0 Å². The molecular formula is C22H29FN2O3. The fraction of sp³-hybridized carbons (Fsp3) is 0.455. The van der Waals surface area contributed by atoms with Gasteiger partial charge in [-0.1, -0.05) is 18.2 Å². The second kappa shape index (κ2) is 10.4. The molecule has 5 nitrogen and oxygen atoms in total. The highest BCUT2D eigenvalue weighted by Crippen LogP contribution is 2.29. The summed E-state index contributed by atoms with van der Waals surface area (Å²) in [4.78, 5) is 2.45. The molecule has 0 amide bonds. The third-order valence-electron chi connectivity index (χ3n) is 4.97. The van der Waals surface area contributed by atoms with Crippen LogP contribution in [-0.4, -0.2) is 50.9 Å². The van der Waals surface area contributed by atoms with Gasteiger partial charge in [-0.25, -0.2) is 4.39 Å². The van der Waals surface area contributed by atoms with Crippen molar-refractivity contribution < 1.29 is 18.6 Å². The van der Waals surface area contributed by atoms with E-state index in [4.69, 9.17) is 14.2 Å². The second-order valence-electron chi connectivity index (χ2n) is 7.03. The van der Waals surface area contributed by atoms with Crippen LogP contribution in [0.15, 0.2) is 42.5 Å². The summed E-state index contributed by atoms with van der Waals surface area (Å²) in [7, 11) is 1.64. The Bertz CT molecular complexity index is 733. The van der Waals surface area contributed by atoms with E-state index in [0.29, 0.717) is 24.1 Å². The van der Waals surface area contributed by atoms with E-state index in [0.717, 1.165) is 50.5 Å². The summed E-state index contributed by atoms with van der Waals surface area (Å²) in [6, 6.07) is 12.7. The molecule has 6 heteroatoms. The molecule has 2 aromatic rings. The number of benzene rings is 2. The van der Waals surface area contributed by atoms with Crippen molar-refractivity contribution in [1.82, 2.24) is 10.2 Å². The van der Waals surface area contributed by atoms with Gasteiger partial charge in [0.05, 0.1) is 20.3 Å². The fourth-order valence-corrected chi connectivity index (χ4v) is 3.26. The fourth-order valence-electron chi connectivity index (χ4n) is 3.26. The molecule has 0 spiro atoms. The van der Waals surface area contributed by atoms with E-state index in [2.05, 4.69) is 17.1 Å². The van der Waals surface area contributed by atoms with Crippen LogP contribution in [0.25, 0.3) is 0 Å². The number of nitrogens with zero attached hydrogens (tertiary/aromatic N) is 1. The Hall–Kier alpha value is -2.15. The largest absolute Gasteiger partial charge is 0.493 e. The third kappa shape index (κ3) is 5.92. The number of rotatable bonds is 9. The van der Waals surface area contributed by atoms with Crippen molar-refractivity contribution in [2.45, 2.75) is 26.1 Å². The Morgan fingerprint density at radius 2 is 1.79 bits per heavy atom. The highest BCUT2D eigenvalue weighted by atomic mass is 19.1. The zero-order valence-electron chi connectivity index (χ0n) is 16.6. The first-order chi connectivity index (χ1) is 13.7. The van der Waals surface area contributed by atoms with E-state index < -0.39 is 0 Å². The third-order valence-corrected chi connectivity index (χ3v) is 4.97. The highest BCUT2D eigenvalue weighted by Gasteiger charge is 2.16. The Labute approximate surface area is 166 Å². The summed E-state index contributed by atoms with van der Waals surface area (Å²) in [5, 5.41) is 3.52.